The van der Waals surface area contributed by atoms with Crippen molar-refractivity contribution in [3.8, 4) is 28.5 Å². The first-order chi connectivity index (χ1) is 17.5. The highest BCUT2D eigenvalue weighted by atomic mass is 35.5. The molecular formula is C24H27ClN8O3S. The summed E-state index contributed by atoms with van der Waals surface area (Å²) in [5.41, 5.74) is 9.25. The fourth-order valence-corrected chi connectivity index (χ4v) is 4.45. The van der Waals surface area contributed by atoms with E-state index < -0.39 is 9.84 Å². The molecule has 0 amide bonds. The molecule has 0 spiro atoms. The zero-order valence-electron chi connectivity index (χ0n) is 20.8. The minimum absolute atomic E-state index is 0.0195. The van der Waals surface area contributed by atoms with Gasteiger partial charge in [0.2, 0.25) is 5.88 Å². The van der Waals surface area contributed by atoms with Gasteiger partial charge in [-0.1, -0.05) is 11.6 Å². The summed E-state index contributed by atoms with van der Waals surface area (Å²) in [6.45, 7) is 4.26. The summed E-state index contributed by atoms with van der Waals surface area (Å²) in [6, 6.07) is 6.47. The molecule has 0 aliphatic rings. The minimum atomic E-state index is -3.34. The van der Waals surface area contributed by atoms with Gasteiger partial charge in [-0.15, -0.1) is 0 Å². The lowest BCUT2D eigenvalue weighted by Gasteiger charge is -2.18. The standard InChI is InChI=1S/C24H27ClN8O3S/c1-14(8-10-36-24-22(15(2)32-33(24)3)23-27-9-7-21(26)31-23)30-19-11-20(25)29-13-17(19)18-6-5-16(12-28-18)37(4,34)35/h5-7,9,11-14H,8,10H2,1-4H3,(H,29,30)(H2,26,27,31)/t14-/m0/s1. The minimum Gasteiger partial charge on any atom is -0.477 e. The van der Waals surface area contributed by atoms with Crippen LogP contribution in [0.2, 0.25) is 5.15 Å². The number of nitrogens with zero attached hydrogens (tertiary/aromatic N) is 6. The van der Waals surface area contributed by atoms with E-state index in [1.54, 1.807) is 42.3 Å². The number of hydrogen-bond donors (Lipinski definition) is 2. The molecule has 0 unspecified atom stereocenters. The molecule has 0 saturated carbocycles. The third kappa shape index (κ3) is 6.15. The average Bonchev–Trinajstić information content (AvgIpc) is 3.11. The molecule has 0 aliphatic carbocycles. The lowest BCUT2D eigenvalue weighted by molar-refractivity contribution is 0.280. The number of nitrogens with one attached hydrogen (secondary N) is 1. The van der Waals surface area contributed by atoms with Crippen molar-refractivity contribution in [1.29, 1.82) is 0 Å². The van der Waals surface area contributed by atoms with E-state index in [-0.39, 0.29) is 10.9 Å². The molecule has 0 aromatic carbocycles. The zero-order valence-corrected chi connectivity index (χ0v) is 22.4. The van der Waals surface area contributed by atoms with E-state index >= 15 is 0 Å². The van der Waals surface area contributed by atoms with Gasteiger partial charge in [-0.3, -0.25) is 4.98 Å². The van der Waals surface area contributed by atoms with Crippen LogP contribution in [0.1, 0.15) is 19.0 Å². The van der Waals surface area contributed by atoms with Gasteiger partial charge in [-0.2, -0.15) is 5.10 Å². The molecule has 11 nitrogen and oxygen atoms in total. The summed E-state index contributed by atoms with van der Waals surface area (Å²) in [7, 11) is -1.55. The van der Waals surface area contributed by atoms with Crippen molar-refractivity contribution in [2.45, 2.75) is 31.2 Å². The highest BCUT2D eigenvalue weighted by molar-refractivity contribution is 7.90. The van der Waals surface area contributed by atoms with Crippen molar-refractivity contribution >= 4 is 32.9 Å². The number of sulfone groups is 1. The van der Waals surface area contributed by atoms with Crippen LogP contribution in [0.4, 0.5) is 11.5 Å². The number of nitrogens with two attached hydrogens (primary N) is 1. The Balaban J connectivity index is 1.47. The molecular weight excluding hydrogens is 516 g/mol. The number of rotatable bonds is 9. The summed E-state index contributed by atoms with van der Waals surface area (Å²) >= 11 is 6.16. The molecule has 0 saturated heterocycles. The summed E-state index contributed by atoms with van der Waals surface area (Å²) in [4.78, 5) is 17.2. The molecule has 0 aliphatic heterocycles. The average molecular weight is 543 g/mol. The quantitative estimate of drug-likeness (QED) is 0.300. The van der Waals surface area contributed by atoms with Crippen molar-refractivity contribution in [1.82, 2.24) is 29.7 Å². The number of hydrogen-bond acceptors (Lipinski definition) is 10. The molecule has 0 radical (unpaired) electrons. The smallest absolute Gasteiger partial charge is 0.223 e. The molecule has 4 heterocycles. The summed E-state index contributed by atoms with van der Waals surface area (Å²) in [5, 5.41) is 8.19. The van der Waals surface area contributed by atoms with Crippen molar-refractivity contribution in [2.24, 2.45) is 7.05 Å². The zero-order chi connectivity index (χ0) is 26.7. The normalized spacial score (nSPS) is 12.4. The van der Waals surface area contributed by atoms with Gasteiger partial charge in [-0.25, -0.2) is 28.1 Å². The highest BCUT2D eigenvalue weighted by Gasteiger charge is 2.20. The van der Waals surface area contributed by atoms with Gasteiger partial charge in [0.05, 0.1) is 22.9 Å². The third-order valence-electron chi connectivity index (χ3n) is 5.57. The van der Waals surface area contributed by atoms with Crippen molar-refractivity contribution in [3.63, 3.8) is 0 Å². The number of nitrogen functional groups attached to an aromatic ring is 1. The Morgan fingerprint density at radius 2 is 1.97 bits per heavy atom. The first kappa shape index (κ1) is 26.3. The topological polar surface area (TPSA) is 151 Å². The van der Waals surface area contributed by atoms with Crippen molar-refractivity contribution in [3.05, 3.63) is 53.7 Å². The third-order valence-corrected chi connectivity index (χ3v) is 6.88. The van der Waals surface area contributed by atoms with Crippen LogP contribution in [0.5, 0.6) is 5.88 Å². The van der Waals surface area contributed by atoms with Crippen molar-refractivity contribution in [2.75, 3.05) is 23.9 Å². The number of pyridine rings is 2. The number of anilines is 2. The van der Waals surface area contributed by atoms with Gasteiger partial charge in [0.15, 0.2) is 15.7 Å². The largest absolute Gasteiger partial charge is 0.477 e. The molecule has 4 aromatic heterocycles. The summed E-state index contributed by atoms with van der Waals surface area (Å²) in [6.07, 6.45) is 6.31. The Hall–Kier alpha value is -3.77. The second-order valence-electron chi connectivity index (χ2n) is 8.58. The van der Waals surface area contributed by atoms with Crippen LogP contribution in [0.25, 0.3) is 22.6 Å². The van der Waals surface area contributed by atoms with E-state index in [1.807, 2.05) is 13.8 Å². The summed E-state index contributed by atoms with van der Waals surface area (Å²) in [5.74, 6) is 1.37. The molecule has 4 rings (SSSR count). The Bertz CT molecular complexity index is 1520. The lowest BCUT2D eigenvalue weighted by Crippen LogP contribution is -2.19. The van der Waals surface area contributed by atoms with Gasteiger partial charge in [0, 0.05) is 55.6 Å². The monoisotopic (exact) mass is 542 g/mol. The first-order valence-corrected chi connectivity index (χ1v) is 13.6. The molecule has 4 aromatic rings. The summed E-state index contributed by atoms with van der Waals surface area (Å²) < 4.78 is 31.3. The van der Waals surface area contributed by atoms with Crippen LogP contribution in [0.15, 0.2) is 47.8 Å². The fraction of sp³-hybridized carbons (Fsp3) is 0.292. The van der Waals surface area contributed by atoms with E-state index in [0.29, 0.717) is 52.5 Å². The second kappa shape index (κ2) is 10.7. The second-order valence-corrected chi connectivity index (χ2v) is 11.0. The Morgan fingerprint density at radius 1 is 1.19 bits per heavy atom. The molecule has 37 heavy (non-hydrogen) atoms. The highest BCUT2D eigenvalue weighted by Crippen LogP contribution is 2.32. The van der Waals surface area contributed by atoms with E-state index in [0.717, 1.165) is 17.6 Å². The van der Waals surface area contributed by atoms with Gasteiger partial charge < -0.3 is 15.8 Å². The maximum atomic E-state index is 11.8. The molecule has 194 valence electrons. The Kier molecular flexibility index (Phi) is 7.60. The first-order valence-electron chi connectivity index (χ1n) is 11.4. The molecule has 13 heteroatoms. The Morgan fingerprint density at radius 3 is 2.65 bits per heavy atom. The predicted molar refractivity (Wildman–Crippen MR) is 142 cm³/mol. The maximum Gasteiger partial charge on any atom is 0.223 e. The van der Waals surface area contributed by atoms with E-state index in [9.17, 15) is 8.42 Å². The van der Waals surface area contributed by atoms with E-state index in [1.165, 1.54) is 12.3 Å². The van der Waals surface area contributed by atoms with Gasteiger partial charge in [0.1, 0.15) is 16.5 Å². The number of ether oxygens (including phenoxy) is 1. The van der Waals surface area contributed by atoms with Gasteiger partial charge in [-0.05, 0) is 38.1 Å². The Labute approximate surface area is 220 Å². The van der Waals surface area contributed by atoms with Gasteiger partial charge >= 0.3 is 0 Å². The van der Waals surface area contributed by atoms with Crippen LogP contribution in [0.3, 0.4) is 0 Å². The lowest BCUT2D eigenvalue weighted by atomic mass is 10.1. The van der Waals surface area contributed by atoms with E-state index in [2.05, 4.69) is 30.4 Å². The number of aryl methyl sites for hydroxylation is 2. The van der Waals surface area contributed by atoms with Crippen LogP contribution in [-0.4, -0.2) is 57.0 Å². The molecule has 3 N–H and O–H groups in total. The van der Waals surface area contributed by atoms with Crippen LogP contribution in [0, 0.1) is 6.92 Å². The van der Waals surface area contributed by atoms with Crippen molar-refractivity contribution < 1.29 is 13.2 Å². The van der Waals surface area contributed by atoms with Crippen LogP contribution in [-0.2, 0) is 16.9 Å². The molecule has 0 bridgehead atoms. The van der Waals surface area contributed by atoms with E-state index in [4.69, 9.17) is 22.1 Å². The van der Waals surface area contributed by atoms with Crippen LogP contribution >= 0.6 is 11.6 Å². The molecule has 0 fully saturated rings. The van der Waals surface area contributed by atoms with Gasteiger partial charge in [0.25, 0.3) is 0 Å². The number of aromatic nitrogens is 6. The fourth-order valence-electron chi connectivity index (χ4n) is 3.74. The maximum absolute atomic E-state index is 11.8. The predicted octanol–water partition coefficient (Wildman–Crippen LogP) is 3.55. The van der Waals surface area contributed by atoms with Crippen LogP contribution < -0.4 is 15.8 Å². The molecule has 1 atom stereocenters. The SMILES string of the molecule is Cc1nn(C)c(OCC[C@H](C)Nc2cc(Cl)ncc2-c2ccc(S(C)(=O)=O)cn2)c1-c1nccc(N)n1. The number of halogens is 1.